The number of para-hydroxylation sites is 4. The lowest BCUT2D eigenvalue weighted by Gasteiger charge is -2.37. The van der Waals surface area contributed by atoms with E-state index in [1.807, 2.05) is 12.4 Å². The second kappa shape index (κ2) is 12.7. The molecule has 0 bridgehead atoms. The Kier molecular flexibility index (Phi) is 7.74. The highest BCUT2D eigenvalue weighted by molar-refractivity contribution is 6.11. The van der Waals surface area contributed by atoms with Gasteiger partial charge in [-0.05, 0) is 98.0 Å². The van der Waals surface area contributed by atoms with Crippen molar-refractivity contribution in [1.29, 1.82) is 0 Å². The van der Waals surface area contributed by atoms with Crippen LogP contribution in [0.15, 0.2) is 158 Å². The van der Waals surface area contributed by atoms with Gasteiger partial charge >= 0.3 is 0 Å². The first-order valence-corrected chi connectivity index (χ1v) is 20.0. The first-order chi connectivity index (χ1) is 27.0. The molecule has 270 valence electrons. The molecule has 0 radical (unpaired) electrons. The number of benzene rings is 6. The first-order valence-electron chi connectivity index (χ1n) is 20.0. The van der Waals surface area contributed by atoms with Crippen molar-refractivity contribution in [2.45, 2.75) is 64.5 Å². The van der Waals surface area contributed by atoms with Crippen molar-refractivity contribution >= 4 is 65.4 Å². The first kappa shape index (κ1) is 33.4. The van der Waals surface area contributed by atoms with Gasteiger partial charge in [-0.1, -0.05) is 112 Å². The smallest absolute Gasteiger partial charge is 0.0697 e. The number of hydrogen-bond donors (Lipinski definition) is 0. The number of aromatic nitrogens is 4. The monoisotopic (exact) mass is 714 g/mol. The van der Waals surface area contributed by atoms with Gasteiger partial charge < -0.3 is 13.7 Å². The van der Waals surface area contributed by atoms with Crippen LogP contribution in [0.2, 0.25) is 0 Å². The number of rotatable bonds is 9. The molecule has 0 aliphatic heterocycles. The van der Waals surface area contributed by atoms with Crippen molar-refractivity contribution in [3.05, 3.63) is 169 Å². The Morgan fingerprint density at radius 2 is 0.891 bits per heavy atom. The lowest BCUT2D eigenvalue weighted by atomic mass is 9.83. The van der Waals surface area contributed by atoms with Crippen LogP contribution < -0.4 is 0 Å². The molecule has 1 unspecified atom stereocenters. The summed E-state index contributed by atoms with van der Waals surface area (Å²) in [5, 5.41) is 7.80. The van der Waals surface area contributed by atoms with Crippen LogP contribution in [-0.2, 0) is 11.1 Å². The van der Waals surface area contributed by atoms with Crippen molar-refractivity contribution in [1.82, 2.24) is 18.7 Å². The SMILES string of the molecule is CCCC(C)(c1ccc2c(c1)c1ccccc1n2C(CC)(CC)c1ccc2c(c1)c1ccccc1n2-c1ccncc1)n1c2ccccc2c2ccccc21. The normalized spacial score (nSPS) is 13.5. The Labute approximate surface area is 322 Å². The van der Waals surface area contributed by atoms with Gasteiger partial charge in [-0.25, -0.2) is 0 Å². The average molecular weight is 715 g/mol. The summed E-state index contributed by atoms with van der Waals surface area (Å²) >= 11 is 0. The highest BCUT2D eigenvalue weighted by Crippen LogP contribution is 2.46. The van der Waals surface area contributed by atoms with E-state index in [4.69, 9.17) is 0 Å². The Morgan fingerprint density at radius 3 is 1.49 bits per heavy atom. The molecule has 6 aromatic carbocycles. The van der Waals surface area contributed by atoms with E-state index in [1.54, 1.807) is 0 Å². The fraction of sp³-hybridized carbons (Fsp3) is 0.196. The molecule has 10 aromatic rings. The number of hydrogen-bond acceptors (Lipinski definition) is 1. The zero-order valence-corrected chi connectivity index (χ0v) is 32.1. The molecular weight excluding hydrogens is 669 g/mol. The summed E-state index contributed by atoms with van der Waals surface area (Å²) in [6, 6.07) is 54.5. The molecule has 0 saturated heterocycles. The van der Waals surface area contributed by atoms with Gasteiger partial charge in [0.15, 0.2) is 0 Å². The minimum Gasteiger partial charge on any atom is -0.330 e. The summed E-state index contributed by atoms with van der Waals surface area (Å²) in [7, 11) is 0. The van der Waals surface area contributed by atoms with Crippen LogP contribution in [0.1, 0.15) is 64.5 Å². The van der Waals surface area contributed by atoms with Gasteiger partial charge in [-0.15, -0.1) is 0 Å². The molecule has 0 fully saturated rings. The van der Waals surface area contributed by atoms with Crippen LogP contribution in [0.4, 0.5) is 0 Å². The predicted octanol–water partition coefficient (Wildman–Crippen LogP) is 13.5. The summed E-state index contributed by atoms with van der Waals surface area (Å²) in [4.78, 5) is 4.31. The van der Waals surface area contributed by atoms with Crippen molar-refractivity contribution in [2.75, 3.05) is 0 Å². The predicted molar refractivity (Wildman–Crippen MR) is 233 cm³/mol. The van der Waals surface area contributed by atoms with Gasteiger partial charge in [0.05, 0.1) is 22.1 Å². The maximum Gasteiger partial charge on any atom is 0.0697 e. The van der Waals surface area contributed by atoms with Gasteiger partial charge in [0.25, 0.3) is 0 Å². The average Bonchev–Trinajstić information content (AvgIpc) is 3.88. The minimum absolute atomic E-state index is 0.254. The fourth-order valence-electron chi connectivity index (χ4n) is 10.2. The van der Waals surface area contributed by atoms with Crippen LogP contribution in [0, 0.1) is 0 Å². The fourth-order valence-corrected chi connectivity index (χ4v) is 10.2. The molecule has 10 rings (SSSR count). The molecule has 0 spiro atoms. The van der Waals surface area contributed by atoms with E-state index in [-0.39, 0.29) is 11.1 Å². The Balaban J connectivity index is 1.21. The van der Waals surface area contributed by atoms with Crippen LogP contribution in [-0.4, -0.2) is 18.7 Å². The highest BCUT2D eigenvalue weighted by Gasteiger charge is 2.36. The lowest BCUT2D eigenvalue weighted by molar-refractivity contribution is 0.349. The lowest BCUT2D eigenvalue weighted by Crippen LogP contribution is -2.33. The summed E-state index contributed by atoms with van der Waals surface area (Å²) in [6.07, 6.45) is 7.79. The summed E-state index contributed by atoms with van der Waals surface area (Å²) in [5.74, 6) is 0. The van der Waals surface area contributed by atoms with Crippen LogP contribution in [0.3, 0.4) is 0 Å². The second-order valence-corrected chi connectivity index (χ2v) is 15.5. The third-order valence-corrected chi connectivity index (χ3v) is 12.8. The molecule has 0 aliphatic rings. The van der Waals surface area contributed by atoms with Gasteiger partial charge in [-0.3, -0.25) is 4.98 Å². The zero-order chi connectivity index (χ0) is 37.3. The summed E-state index contributed by atoms with van der Waals surface area (Å²) in [6.45, 7) is 9.50. The van der Waals surface area contributed by atoms with E-state index in [9.17, 15) is 0 Å². The molecule has 55 heavy (non-hydrogen) atoms. The van der Waals surface area contributed by atoms with E-state index in [0.29, 0.717) is 0 Å². The molecule has 0 saturated carbocycles. The minimum atomic E-state index is -0.267. The van der Waals surface area contributed by atoms with Gasteiger partial charge in [0.2, 0.25) is 0 Å². The zero-order valence-electron chi connectivity index (χ0n) is 32.1. The largest absolute Gasteiger partial charge is 0.330 e. The van der Waals surface area contributed by atoms with Crippen LogP contribution in [0.5, 0.6) is 0 Å². The molecule has 1 atom stereocenters. The molecule has 0 N–H and O–H groups in total. The summed E-state index contributed by atoms with van der Waals surface area (Å²) in [5.41, 5.74) is 10.9. The highest BCUT2D eigenvalue weighted by atomic mass is 15.1. The molecule has 4 nitrogen and oxygen atoms in total. The van der Waals surface area contributed by atoms with E-state index >= 15 is 0 Å². The van der Waals surface area contributed by atoms with E-state index in [1.165, 1.54) is 76.5 Å². The van der Waals surface area contributed by atoms with Crippen molar-refractivity contribution in [3.8, 4) is 5.69 Å². The van der Waals surface area contributed by atoms with E-state index in [2.05, 4.69) is 192 Å². The topological polar surface area (TPSA) is 27.7 Å². The molecule has 0 aliphatic carbocycles. The van der Waals surface area contributed by atoms with E-state index in [0.717, 1.165) is 31.4 Å². The van der Waals surface area contributed by atoms with Crippen LogP contribution in [0.25, 0.3) is 71.1 Å². The molecular formula is C51H46N4. The molecule has 4 heteroatoms. The molecule has 4 heterocycles. The summed E-state index contributed by atoms with van der Waals surface area (Å²) < 4.78 is 7.69. The standard InChI is InChI=1S/C51H46N4/c1-5-30-50(4,54-46-21-13-9-16-38(46)39-17-10-14-22-47(39)54)35-24-27-49-43(33-35)41-19-11-15-23-48(41)55(49)51(6-2,7-3)36-25-26-45-42(34-36)40-18-8-12-20-44(40)53(45)37-28-31-52-32-29-37/h8-29,31-34H,5-7,30H2,1-4H3. The number of nitrogens with zero attached hydrogens (tertiary/aromatic N) is 4. The van der Waals surface area contributed by atoms with Gasteiger partial charge in [0, 0.05) is 72.5 Å². The maximum atomic E-state index is 4.31. The van der Waals surface area contributed by atoms with Crippen molar-refractivity contribution in [3.63, 3.8) is 0 Å². The van der Waals surface area contributed by atoms with Crippen LogP contribution >= 0.6 is 0 Å². The van der Waals surface area contributed by atoms with Gasteiger partial charge in [0.1, 0.15) is 0 Å². The Bertz CT molecular complexity index is 2990. The quantitative estimate of drug-likeness (QED) is 0.146. The third-order valence-electron chi connectivity index (χ3n) is 12.8. The Hall–Kier alpha value is -6.13. The Morgan fingerprint density at radius 1 is 0.455 bits per heavy atom. The number of fused-ring (bicyclic) bond motifs is 9. The third kappa shape index (κ3) is 4.73. The van der Waals surface area contributed by atoms with E-state index < -0.39 is 0 Å². The maximum absolute atomic E-state index is 4.31. The molecule has 0 amide bonds. The number of pyridine rings is 1. The van der Waals surface area contributed by atoms with Gasteiger partial charge in [-0.2, -0.15) is 0 Å². The van der Waals surface area contributed by atoms with Crippen molar-refractivity contribution < 1.29 is 0 Å². The van der Waals surface area contributed by atoms with Crippen molar-refractivity contribution in [2.24, 2.45) is 0 Å². The molecule has 4 aromatic heterocycles. The second-order valence-electron chi connectivity index (χ2n) is 15.5.